The highest BCUT2D eigenvalue weighted by Crippen LogP contribution is 2.34. The molecular formula is C13H19FN2O3S. The van der Waals surface area contributed by atoms with Gasteiger partial charge in [0.05, 0.1) is 5.60 Å². The Balaban J connectivity index is 2.23. The third-order valence-corrected chi connectivity index (χ3v) is 5.22. The first kappa shape index (κ1) is 15.2. The third-order valence-electron chi connectivity index (χ3n) is 3.82. The van der Waals surface area contributed by atoms with E-state index in [4.69, 9.17) is 10.5 Å². The minimum atomic E-state index is -3.94. The van der Waals surface area contributed by atoms with Crippen LogP contribution in [0.2, 0.25) is 0 Å². The van der Waals surface area contributed by atoms with Gasteiger partial charge in [0.2, 0.25) is 10.0 Å². The molecule has 7 heteroatoms. The first-order chi connectivity index (χ1) is 9.30. The molecule has 0 spiro atoms. The summed E-state index contributed by atoms with van der Waals surface area (Å²) in [7, 11) is -2.39. The molecule has 112 valence electrons. The fourth-order valence-electron chi connectivity index (χ4n) is 2.29. The monoisotopic (exact) mass is 302 g/mol. The fraction of sp³-hybridized carbons (Fsp3) is 0.538. The van der Waals surface area contributed by atoms with Gasteiger partial charge in [-0.15, -0.1) is 0 Å². The number of benzene rings is 1. The van der Waals surface area contributed by atoms with Crippen molar-refractivity contribution in [2.45, 2.75) is 36.7 Å². The maximum atomic E-state index is 14.0. The Morgan fingerprint density at radius 3 is 2.60 bits per heavy atom. The minimum absolute atomic E-state index is 0.138. The Bertz CT molecular complexity index is 607. The van der Waals surface area contributed by atoms with Gasteiger partial charge in [0.15, 0.2) is 0 Å². The number of nitrogens with one attached hydrogen (secondary N) is 1. The van der Waals surface area contributed by atoms with Crippen molar-refractivity contribution in [3.63, 3.8) is 0 Å². The molecule has 0 aromatic heterocycles. The van der Waals surface area contributed by atoms with Gasteiger partial charge in [0, 0.05) is 19.3 Å². The van der Waals surface area contributed by atoms with Gasteiger partial charge in [0.1, 0.15) is 10.7 Å². The number of halogens is 1. The molecule has 1 saturated carbocycles. The van der Waals surface area contributed by atoms with Gasteiger partial charge >= 0.3 is 0 Å². The van der Waals surface area contributed by atoms with Crippen LogP contribution in [0.25, 0.3) is 0 Å². The van der Waals surface area contributed by atoms with Crippen LogP contribution in [0.15, 0.2) is 17.0 Å². The summed E-state index contributed by atoms with van der Waals surface area (Å²) in [5, 5.41) is 0. The molecule has 1 aromatic rings. The molecule has 0 aliphatic heterocycles. The number of hydrogen-bond acceptors (Lipinski definition) is 4. The first-order valence-corrected chi connectivity index (χ1v) is 7.88. The lowest BCUT2D eigenvalue weighted by molar-refractivity contribution is -0.0659. The SMILES string of the molecule is COC1(CNS(=O)(=O)c2cc(N)cc(C)c2F)CCC1. The number of rotatable bonds is 5. The van der Waals surface area contributed by atoms with Crippen LogP contribution in [0.3, 0.4) is 0 Å². The van der Waals surface area contributed by atoms with Crippen molar-refractivity contribution < 1.29 is 17.5 Å². The minimum Gasteiger partial charge on any atom is -0.399 e. The van der Waals surface area contributed by atoms with Crippen LogP contribution in [-0.4, -0.2) is 27.7 Å². The van der Waals surface area contributed by atoms with Gasteiger partial charge in [-0.1, -0.05) is 0 Å². The van der Waals surface area contributed by atoms with E-state index < -0.39 is 26.3 Å². The number of ether oxygens (including phenoxy) is 1. The summed E-state index contributed by atoms with van der Waals surface area (Å²) in [5.74, 6) is -0.772. The molecule has 1 aromatic carbocycles. The molecule has 2 rings (SSSR count). The average Bonchev–Trinajstić information content (AvgIpc) is 2.32. The molecule has 5 nitrogen and oxygen atoms in total. The zero-order chi connectivity index (χ0) is 15.0. The summed E-state index contributed by atoms with van der Waals surface area (Å²) in [6.45, 7) is 1.62. The summed E-state index contributed by atoms with van der Waals surface area (Å²) >= 11 is 0. The zero-order valence-corrected chi connectivity index (χ0v) is 12.4. The van der Waals surface area contributed by atoms with E-state index in [2.05, 4.69) is 4.72 Å². The third kappa shape index (κ3) is 2.79. The van der Waals surface area contributed by atoms with Crippen LogP contribution in [0.5, 0.6) is 0 Å². The second-order valence-corrected chi connectivity index (χ2v) is 6.95. The van der Waals surface area contributed by atoms with E-state index in [0.29, 0.717) is 0 Å². The van der Waals surface area contributed by atoms with Crippen molar-refractivity contribution in [1.82, 2.24) is 4.72 Å². The largest absolute Gasteiger partial charge is 0.399 e. The van der Waals surface area contributed by atoms with E-state index >= 15 is 0 Å². The Kier molecular flexibility index (Phi) is 4.04. The predicted octanol–water partition coefficient (Wildman–Crippen LogP) is 1.56. The van der Waals surface area contributed by atoms with Crippen molar-refractivity contribution in [1.29, 1.82) is 0 Å². The molecule has 20 heavy (non-hydrogen) atoms. The van der Waals surface area contributed by atoms with Gasteiger partial charge in [-0.25, -0.2) is 17.5 Å². The lowest BCUT2D eigenvalue weighted by Gasteiger charge is -2.40. The van der Waals surface area contributed by atoms with Crippen molar-refractivity contribution >= 4 is 15.7 Å². The summed E-state index contributed by atoms with van der Waals surface area (Å²) in [4.78, 5) is -0.416. The highest BCUT2D eigenvalue weighted by atomic mass is 32.2. The van der Waals surface area contributed by atoms with E-state index in [0.717, 1.165) is 25.3 Å². The van der Waals surface area contributed by atoms with Gasteiger partial charge in [-0.05, 0) is 43.9 Å². The van der Waals surface area contributed by atoms with Gasteiger partial charge in [-0.3, -0.25) is 0 Å². The molecule has 0 bridgehead atoms. The topological polar surface area (TPSA) is 81.4 Å². The zero-order valence-electron chi connectivity index (χ0n) is 11.6. The van der Waals surface area contributed by atoms with Crippen LogP contribution in [0, 0.1) is 12.7 Å². The molecule has 1 aliphatic carbocycles. The molecule has 0 heterocycles. The molecule has 0 saturated heterocycles. The second kappa shape index (κ2) is 5.31. The molecule has 1 aliphatic rings. The summed E-state index contributed by atoms with van der Waals surface area (Å²) in [6, 6.07) is 2.53. The van der Waals surface area contributed by atoms with Gasteiger partial charge in [0.25, 0.3) is 0 Å². The molecule has 0 amide bonds. The fourth-order valence-corrected chi connectivity index (χ4v) is 3.58. The number of aryl methyl sites for hydroxylation is 1. The molecule has 3 N–H and O–H groups in total. The Morgan fingerprint density at radius 1 is 1.45 bits per heavy atom. The van der Waals surface area contributed by atoms with E-state index in [1.54, 1.807) is 7.11 Å². The number of methoxy groups -OCH3 is 1. The summed E-state index contributed by atoms with van der Waals surface area (Å²) in [6.07, 6.45) is 2.59. The average molecular weight is 302 g/mol. The van der Waals surface area contributed by atoms with Gasteiger partial charge in [-0.2, -0.15) is 0 Å². The lowest BCUT2D eigenvalue weighted by atomic mass is 9.80. The quantitative estimate of drug-likeness (QED) is 0.809. The second-order valence-electron chi connectivity index (χ2n) is 5.22. The van der Waals surface area contributed by atoms with E-state index in [-0.39, 0.29) is 17.8 Å². The van der Waals surface area contributed by atoms with E-state index in [1.807, 2.05) is 0 Å². The predicted molar refractivity (Wildman–Crippen MR) is 74.3 cm³/mol. The van der Waals surface area contributed by atoms with Crippen molar-refractivity contribution in [2.24, 2.45) is 0 Å². The Labute approximate surface area is 118 Å². The first-order valence-electron chi connectivity index (χ1n) is 6.40. The van der Waals surface area contributed by atoms with Crippen molar-refractivity contribution in [3.05, 3.63) is 23.5 Å². The number of nitrogen functional groups attached to an aromatic ring is 1. The van der Waals surface area contributed by atoms with Crippen molar-refractivity contribution in [3.8, 4) is 0 Å². The number of sulfonamides is 1. The Hall–Kier alpha value is -1.18. The van der Waals surface area contributed by atoms with Gasteiger partial charge < -0.3 is 10.5 Å². The maximum absolute atomic E-state index is 14.0. The van der Waals surface area contributed by atoms with Crippen LogP contribution in [-0.2, 0) is 14.8 Å². The molecule has 0 radical (unpaired) electrons. The smallest absolute Gasteiger partial charge is 0.243 e. The number of hydrogen-bond donors (Lipinski definition) is 2. The van der Waals surface area contributed by atoms with Crippen LogP contribution in [0.1, 0.15) is 24.8 Å². The molecule has 0 unspecified atom stereocenters. The highest BCUT2D eigenvalue weighted by Gasteiger charge is 2.38. The highest BCUT2D eigenvalue weighted by molar-refractivity contribution is 7.89. The van der Waals surface area contributed by atoms with Crippen LogP contribution < -0.4 is 10.5 Å². The van der Waals surface area contributed by atoms with Crippen LogP contribution >= 0.6 is 0 Å². The van der Waals surface area contributed by atoms with E-state index in [9.17, 15) is 12.8 Å². The van der Waals surface area contributed by atoms with Crippen LogP contribution in [0.4, 0.5) is 10.1 Å². The maximum Gasteiger partial charge on any atom is 0.243 e. The molecular weight excluding hydrogens is 283 g/mol. The Morgan fingerprint density at radius 2 is 2.10 bits per heavy atom. The standard InChI is InChI=1S/C13H19FN2O3S/c1-9-6-10(15)7-11(12(9)14)20(17,18)16-8-13(19-2)4-3-5-13/h6-7,16H,3-5,8,15H2,1-2H3. The molecule has 0 atom stereocenters. The van der Waals surface area contributed by atoms with Crippen molar-refractivity contribution in [2.75, 3.05) is 19.4 Å². The summed E-state index contributed by atoms with van der Waals surface area (Å²) < 4.78 is 46.1. The lowest BCUT2D eigenvalue weighted by Crippen LogP contribution is -2.49. The number of nitrogens with two attached hydrogens (primary N) is 1. The summed E-state index contributed by atoms with van der Waals surface area (Å²) in [5.41, 5.74) is 5.55. The normalized spacial score (nSPS) is 17.8. The number of anilines is 1. The van der Waals surface area contributed by atoms with E-state index in [1.165, 1.54) is 13.0 Å². The molecule has 1 fully saturated rings.